The topological polar surface area (TPSA) is 153 Å². The van der Waals surface area contributed by atoms with E-state index in [0.717, 1.165) is 19.3 Å². The number of imidazole rings is 1. The summed E-state index contributed by atoms with van der Waals surface area (Å²) in [4.78, 5) is 53.8. The molecule has 1 aromatic heterocycles. The van der Waals surface area contributed by atoms with Gasteiger partial charge >= 0.3 is 5.97 Å². The zero-order chi connectivity index (χ0) is 26.4. The Morgan fingerprint density at radius 3 is 1.86 bits per heavy atom. The molecule has 0 unspecified atom stereocenters. The van der Waals surface area contributed by atoms with Crippen molar-refractivity contribution in [1.82, 2.24) is 25.9 Å². The Labute approximate surface area is 214 Å². The van der Waals surface area contributed by atoms with Gasteiger partial charge in [0.05, 0.1) is 25.1 Å². The van der Waals surface area contributed by atoms with E-state index in [1.807, 2.05) is 0 Å². The molecule has 0 saturated carbocycles. The Balaban J connectivity index is 2.00. The molecule has 1 heterocycles. The van der Waals surface area contributed by atoms with E-state index in [-0.39, 0.29) is 25.4 Å². The number of nitrogens with one attached hydrogen (secondary N) is 4. The average molecular weight is 508 g/mol. The SMILES string of the molecule is CCCCCCCCCCCCCCCC(=O)NCC(=O)NCC(=O)N[C@@H](Cc1c[nH]cn1)C(=O)O. The number of amides is 3. The van der Waals surface area contributed by atoms with Crippen molar-refractivity contribution in [2.45, 2.75) is 109 Å². The van der Waals surface area contributed by atoms with Crippen LogP contribution in [0.2, 0.25) is 0 Å². The van der Waals surface area contributed by atoms with Gasteiger partial charge in [0, 0.05) is 19.0 Å². The molecule has 0 fully saturated rings. The molecule has 0 aliphatic rings. The van der Waals surface area contributed by atoms with Crippen LogP contribution >= 0.6 is 0 Å². The molecule has 5 N–H and O–H groups in total. The number of carboxylic acid groups (broad SMARTS) is 1. The number of aliphatic carboxylic acids is 1. The number of carboxylic acids is 1. The molecule has 0 aliphatic carbocycles. The minimum atomic E-state index is -1.20. The van der Waals surface area contributed by atoms with Crippen LogP contribution in [0.15, 0.2) is 12.5 Å². The van der Waals surface area contributed by atoms with Crippen molar-refractivity contribution in [1.29, 1.82) is 0 Å². The number of unbranched alkanes of at least 4 members (excludes halogenated alkanes) is 12. The predicted molar refractivity (Wildman–Crippen MR) is 138 cm³/mol. The number of rotatable bonds is 22. The first-order valence-corrected chi connectivity index (χ1v) is 13.5. The largest absolute Gasteiger partial charge is 0.480 e. The maximum absolute atomic E-state index is 12.0. The quantitative estimate of drug-likeness (QED) is 0.152. The van der Waals surface area contributed by atoms with Gasteiger partial charge in [-0.2, -0.15) is 0 Å². The molecular weight excluding hydrogens is 462 g/mol. The van der Waals surface area contributed by atoms with Crippen molar-refractivity contribution in [3.05, 3.63) is 18.2 Å². The highest BCUT2D eigenvalue weighted by molar-refractivity contribution is 5.89. The highest BCUT2D eigenvalue weighted by Gasteiger charge is 2.21. The highest BCUT2D eigenvalue weighted by Crippen LogP contribution is 2.12. The fourth-order valence-corrected chi connectivity index (χ4v) is 3.87. The molecule has 0 aliphatic heterocycles. The molecule has 3 amide bonds. The molecule has 10 nitrogen and oxygen atoms in total. The lowest BCUT2D eigenvalue weighted by atomic mass is 10.0. The summed E-state index contributed by atoms with van der Waals surface area (Å²) in [5, 5.41) is 16.5. The standard InChI is InChI=1S/C26H45N5O5/c1-2-3-4-5-6-7-8-9-10-11-12-13-14-15-23(32)28-18-24(33)29-19-25(34)31-22(26(35)36)16-21-17-27-20-30-21/h17,20,22H,2-16,18-19H2,1H3,(H,27,30)(H,28,32)(H,29,33)(H,31,34)(H,35,36)/t22-/m0/s1. The summed E-state index contributed by atoms with van der Waals surface area (Å²) < 4.78 is 0. The summed E-state index contributed by atoms with van der Waals surface area (Å²) in [7, 11) is 0. The molecular formula is C26H45N5O5. The fraction of sp³-hybridized carbons (Fsp3) is 0.731. The van der Waals surface area contributed by atoms with E-state index in [2.05, 4.69) is 32.8 Å². The summed E-state index contributed by atoms with van der Waals surface area (Å²) in [6.45, 7) is 1.64. The Hall–Kier alpha value is -2.91. The van der Waals surface area contributed by atoms with E-state index in [1.54, 1.807) is 6.20 Å². The minimum Gasteiger partial charge on any atom is -0.480 e. The minimum absolute atomic E-state index is 0.0216. The van der Waals surface area contributed by atoms with Crippen LogP contribution in [0.5, 0.6) is 0 Å². The summed E-state index contributed by atoms with van der Waals surface area (Å²) in [5.41, 5.74) is 0.498. The number of aromatic nitrogens is 2. The second-order valence-corrected chi connectivity index (χ2v) is 9.27. The normalized spacial score (nSPS) is 11.6. The number of carbonyl (C=O) groups excluding carboxylic acids is 3. The van der Waals surface area contributed by atoms with Gasteiger partial charge in [-0.25, -0.2) is 9.78 Å². The lowest BCUT2D eigenvalue weighted by Gasteiger charge is -2.14. The van der Waals surface area contributed by atoms with E-state index in [9.17, 15) is 24.3 Å². The molecule has 1 atom stereocenters. The van der Waals surface area contributed by atoms with E-state index in [4.69, 9.17) is 0 Å². The summed E-state index contributed by atoms with van der Waals surface area (Å²) in [5.74, 6) is -2.53. The molecule has 0 aromatic carbocycles. The van der Waals surface area contributed by atoms with Gasteiger partial charge in [0.15, 0.2) is 0 Å². The lowest BCUT2D eigenvalue weighted by Crippen LogP contribution is -2.47. The van der Waals surface area contributed by atoms with Crippen molar-refractivity contribution < 1.29 is 24.3 Å². The zero-order valence-corrected chi connectivity index (χ0v) is 21.8. The van der Waals surface area contributed by atoms with Gasteiger partial charge in [0.1, 0.15) is 6.04 Å². The molecule has 0 radical (unpaired) electrons. The van der Waals surface area contributed by atoms with Gasteiger partial charge in [-0.1, -0.05) is 84.0 Å². The van der Waals surface area contributed by atoms with E-state index < -0.39 is 23.8 Å². The maximum atomic E-state index is 12.0. The van der Waals surface area contributed by atoms with Crippen LogP contribution in [0.25, 0.3) is 0 Å². The second kappa shape index (κ2) is 20.3. The fourth-order valence-electron chi connectivity index (χ4n) is 3.87. The third-order valence-corrected chi connectivity index (χ3v) is 6.00. The van der Waals surface area contributed by atoms with Gasteiger partial charge < -0.3 is 26.0 Å². The lowest BCUT2D eigenvalue weighted by molar-refractivity contribution is -0.141. The third kappa shape index (κ3) is 16.7. The molecule has 204 valence electrons. The van der Waals surface area contributed by atoms with Crippen LogP contribution < -0.4 is 16.0 Å². The molecule has 0 saturated heterocycles. The Morgan fingerprint density at radius 1 is 0.806 bits per heavy atom. The molecule has 1 aromatic rings. The Kier molecular flexibility index (Phi) is 17.5. The van der Waals surface area contributed by atoms with E-state index in [1.165, 1.54) is 70.5 Å². The zero-order valence-electron chi connectivity index (χ0n) is 21.8. The Bertz CT molecular complexity index is 754. The number of hydrogen-bond acceptors (Lipinski definition) is 5. The van der Waals surface area contributed by atoms with E-state index >= 15 is 0 Å². The molecule has 10 heteroatoms. The van der Waals surface area contributed by atoms with Crippen LogP contribution in [0.4, 0.5) is 0 Å². The van der Waals surface area contributed by atoms with Gasteiger partial charge in [-0.15, -0.1) is 0 Å². The number of carbonyl (C=O) groups is 4. The number of nitrogens with zero attached hydrogens (tertiary/aromatic N) is 1. The molecule has 0 spiro atoms. The first kappa shape index (κ1) is 31.1. The van der Waals surface area contributed by atoms with Gasteiger partial charge in [0.25, 0.3) is 0 Å². The van der Waals surface area contributed by atoms with E-state index in [0.29, 0.717) is 12.1 Å². The summed E-state index contributed by atoms with van der Waals surface area (Å²) >= 11 is 0. The van der Waals surface area contributed by atoms with Crippen LogP contribution in [0.1, 0.15) is 103 Å². The first-order valence-electron chi connectivity index (χ1n) is 13.5. The van der Waals surface area contributed by atoms with Crippen LogP contribution in [0, 0.1) is 0 Å². The van der Waals surface area contributed by atoms with Crippen molar-refractivity contribution in [3.8, 4) is 0 Å². The van der Waals surface area contributed by atoms with Crippen molar-refractivity contribution in [2.24, 2.45) is 0 Å². The predicted octanol–water partition coefficient (Wildman–Crippen LogP) is 3.24. The molecule has 1 rings (SSSR count). The first-order chi connectivity index (χ1) is 17.4. The smallest absolute Gasteiger partial charge is 0.326 e. The van der Waals surface area contributed by atoms with Crippen LogP contribution in [-0.4, -0.2) is 57.9 Å². The van der Waals surface area contributed by atoms with Gasteiger partial charge in [0.2, 0.25) is 17.7 Å². The summed E-state index contributed by atoms with van der Waals surface area (Å²) in [6.07, 6.45) is 19.4. The van der Waals surface area contributed by atoms with Crippen molar-refractivity contribution >= 4 is 23.7 Å². The number of aromatic amines is 1. The molecule has 0 bridgehead atoms. The number of hydrogen-bond donors (Lipinski definition) is 5. The van der Waals surface area contributed by atoms with Gasteiger partial charge in [-0.05, 0) is 6.42 Å². The highest BCUT2D eigenvalue weighted by atomic mass is 16.4. The average Bonchev–Trinajstić information content (AvgIpc) is 3.37. The maximum Gasteiger partial charge on any atom is 0.326 e. The number of H-pyrrole nitrogens is 1. The van der Waals surface area contributed by atoms with Crippen molar-refractivity contribution in [2.75, 3.05) is 13.1 Å². The Morgan fingerprint density at radius 2 is 1.33 bits per heavy atom. The van der Waals surface area contributed by atoms with Crippen molar-refractivity contribution in [3.63, 3.8) is 0 Å². The van der Waals surface area contributed by atoms with Crippen LogP contribution in [-0.2, 0) is 25.6 Å². The molecule has 36 heavy (non-hydrogen) atoms. The third-order valence-electron chi connectivity index (χ3n) is 6.00. The summed E-state index contributed by atoms with van der Waals surface area (Å²) in [6, 6.07) is -1.15. The second-order valence-electron chi connectivity index (χ2n) is 9.27. The van der Waals surface area contributed by atoms with Gasteiger partial charge in [-0.3, -0.25) is 14.4 Å². The van der Waals surface area contributed by atoms with Crippen LogP contribution in [0.3, 0.4) is 0 Å². The monoisotopic (exact) mass is 507 g/mol.